The molecule has 0 aromatic heterocycles. The molecule has 0 aliphatic heterocycles. The van der Waals surface area contributed by atoms with Crippen LogP contribution in [0.15, 0.2) is 6.07 Å². The topological polar surface area (TPSA) is 34.1 Å². The van der Waals surface area contributed by atoms with E-state index in [2.05, 4.69) is 0 Å². The maximum atomic E-state index is 13.7. The summed E-state index contributed by atoms with van der Waals surface area (Å²) in [4.78, 5) is 23.1. The Morgan fingerprint density at radius 1 is 1.00 bits per heavy atom. The van der Waals surface area contributed by atoms with E-state index in [1.807, 2.05) is 0 Å². The second kappa shape index (κ2) is 5.30. The molecule has 7 heteroatoms. The molecule has 20 heavy (non-hydrogen) atoms. The number of carbonyl (C=O) groups is 2. The highest BCUT2D eigenvalue weighted by Gasteiger charge is 2.37. The SMILES string of the molecule is CC(C)(C)C(=O)C(F)C(=O)c1cc(F)c(F)c(F)c1F. The summed E-state index contributed by atoms with van der Waals surface area (Å²) in [6.07, 6.45) is -2.78. The molecule has 1 atom stereocenters. The summed E-state index contributed by atoms with van der Waals surface area (Å²) in [7, 11) is 0. The molecule has 0 fully saturated rings. The number of hydrogen-bond donors (Lipinski definition) is 0. The Hall–Kier alpha value is -1.79. The van der Waals surface area contributed by atoms with Crippen LogP contribution in [-0.2, 0) is 4.79 Å². The lowest BCUT2D eigenvalue weighted by molar-refractivity contribution is -0.129. The number of halogens is 5. The van der Waals surface area contributed by atoms with Gasteiger partial charge in [-0.3, -0.25) is 9.59 Å². The molecule has 0 spiro atoms. The first-order valence-corrected chi connectivity index (χ1v) is 5.54. The van der Waals surface area contributed by atoms with Crippen LogP contribution in [0.3, 0.4) is 0 Å². The monoisotopic (exact) mass is 294 g/mol. The number of rotatable bonds is 3. The first-order valence-electron chi connectivity index (χ1n) is 5.54. The molecule has 0 bridgehead atoms. The van der Waals surface area contributed by atoms with Gasteiger partial charge in [0, 0.05) is 5.41 Å². The number of benzene rings is 1. The van der Waals surface area contributed by atoms with Crippen molar-refractivity contribution in [1.29, 1.82) is 0 Å². The second-order valence-corrected chi connectivity index (χ2v) is 5.19. The molecule has 2 nitrogen and oxygen atoms in total. The van der Waals surface area contributed by atoms with Crippen LogP contribution < -0.4 is 0 Å². The van der Waals surface area contributed by atoms with Crippen molar-refractivity contribution < 1.29 is 31.5 Å². The van der Waals surface area contributed by atoms with Gasteiger partial charge in [-0.25, -0.2) is 22.0 Å². The Bertz CT molecular complexity index is 575. The smallest absolute Gasteiger partial charge is 0.221 e. The summed E-state index contributed by atoms with van der Waals surface area (Å²) in [5, 5.41) is 0. The Morgan fingerprint density at radius 3 is 1.95 bits per heavy atom. The molecule has 0 saturated heterocycles. The first kappa shape index (κ1) is 16.3. The zero-order chi connectivity index (χ0) is 15.8. The summed E-state index contributed by atoms with van der Waals surface area (Å²) >= 11 is 0. The molecule has 0 heterocycles. The standard InChI is InChI=1S/C13H11F5O2/c1-13(2,3)12(20)10(18)11(19)5-4-6(14)8(16)9(17)7(5)15/h4,10H,1-3H3. The van der Waals surface area contributed by atoms with Crippen molar-refractivity contribution in [3.8, 4) is 0 Å². The van der Waals surface area contributed by atoms with Gasteiger partial charge in [-0.2, -0.15) is 0 Å². The fourth-order valence-corrected chi connectivity index (χ4v) is 1.39. The highest BCUT2D eigenvalue weighted by Crippen LogP contribution is 2.24. The number of ketones is 2. The van der Waals surface area contributed by atoms with Gasteiger partial charge in [0.05, 0.1) is 5.56 Å². The maximum Gasteiger partial charge on any atom is 0.221 e. The van der Waals surface area contributed by atoms with E-state index in [-0.39, 0.29) is 6.07 Å². The molecule has 1 unspecified atom stereocenters. The van der Waals surface area contributed by atoms with Gasteiger partial charge in [-0.05, 0) is 6.07 Å². The first-order chi connectivity index (χ1) is 8.98. The predicted molar refractivity (Wildman–Crippen MR) is 60.0 cm³/mol. The van der Waals surface area contributed by atoms with Gasteiger partial charge < -0.3 is 0 Å². The fourth-order valence-electron chi connectivity index (χ4n) is 1.39. The predicted octanol–water partition coefficient (Wildman–Crippen LogP) is 3.38. The highest BCUT2D eigenvalue weighted by atomic mass is 19.2. The highest BCUT2D eigenvalue weighted by molar-refractivity contribution is 6.14. The summed E-state index contributed by atoms with van der Waals surface area (Å²) < 4.78 is 65.7. The van der Waals surface area contributed by atoms with E-state index in [0.29, 0.717) is 0 Å². The summed E-state index contributed by atoms with van der Waals surface area (Å²) in [5.74, 6) is -11.1. The minimum absolute atomic E-state index is 0.0264. The van der Waals surface area contributed by atoms with Crippen molar-refractivity contribution in [2.24, 2.45) is 5.41 Å². The number of Topliss-reactive ketones (excluding diaryl/α,β-unsaturated/α-hetero) is 2. The average Bonchev–Trinajstić information content (AvgIpc) is 2.36. The molecular weight excluding hydrogens is 283 g/mol. The van der Waals surface area contributed by atoms with E-state index in [4.69, 9.17) is 0 Å². The van der Waals surface area contributed by atoms with Crippen LogP contribution in [0.5, 0.6) is 0 Å². The van der Waals surface area contributed by atoms with Crippen LogP contribution in [-0.4, -0.2) is 17.7 Å². The van der Waals surface area contributed by atoms with Crippen LogP contribution in [0.2, 0.25) is 0 Å². The van der Waals surface area contributed by atoms with E-state index >= 15 is 0 Å². The molecule has 1 rings (SSSR count). The van der Waals surface area contributed by atoms with Crippen LogP contribution >= 0.6 is 0 Å². The van der Waals surface area contributed by atoms with Crippen molar-refractivity contribution in [2.45, 2.75) is 26.9 Å². The third kappa shape index (κ3) is 2.86. The van der Waals surface area contributed by atoms with Gasteiger partial charge in [0.15, 0.2) is 29.1 Å². The molecule has 0 aliphatic carbocycles. The van der Waals surface area contributed by atoms with E-state index in [1.165, 1.54) is 20.8 Å². The second-order valence-electron chi connectivity index (χ2n) is 5.19. The molecular formula is C13H11F5O2. The number of hydrogen-bond acceptors (Lipinski definition) is 2. The lowest BCUT2D eigenvalue weighted by atomic mass is 9.85. The Kier molecular flexibility index (Phi) is 4.31. The lowest BCUT2D eigenvalue weighted by Crippen LogP contribution is -2.35. The van der Waals surface area contributed by atoms with Gasteiger partial charge >= 0.3 is 0 Å². The Labute approximate surface area is 111 Å². The third-order valence-electron chi connectivity index (χ3n) is 2.57. The van der Waals surface area contributed by atoms with Crippen LogP contribution in [0.4, 0.5) is 22.0 Å². The van der Waals surface area contributed by atoms with E-state index in [0.717, 1.165) is 0 Å². The summed E-state index contributed by atoms with van der Waals surface area (Å²) in [6.45, 7) is 3.95. The molecule has 110 valence electrons. The Balaban J connectivity index is 3.27. The van der Waals surface area contributed by atoms with Crippen molar-refractivity contribution in [1.82, 2.24) is 0 Å². The van der Waals surface area contributed by atoms with Gasteiger partial charge in [-0.1, -0.05) is 20.8 Å². The third-order valence-corrected chi connectivity index (χ3v) is 2.57. The van der Waals surface area contributed by atoms with Crippen molar-refractivity contribution in [2.75, 3.05) is 0 Å². The average molecular weight is 294 g/mol. The van der Waals surface area contributed by atoms with Crippen molar-refractivity contribution in [3.05, 3.63) is 34.9 Å². The van der Waals surface area contributed by atoms with Crippen LogP contribution in [0, 0.1) is 28.7 Å². The minimum Gasteiger partial charge on any atom is -0.295 e. The summed E-state index contributed by atoms with van der Waals surface area (Å²) in [5.41, 5.74) is -2.59. The van der Waals surface area contributed by atoms with E-state index in [1.54, 1.807) is 0 Å². The maximum absolute atomic E-state index is 13.7. The molecule has 0 N–H and O–H groups in total. The van der Waals surface area contributed by atoms with E-state index < -0.39 is 52.0 Å². The number of carbonyl (C=O) groups excluding carboxylic acids is 2. The molecule has 0 amide bonds. The quantitative estimate of drug-likeness (QED) is 0.281. The largest absolute Gasteiger partial charge is 0.295 e. The van der Waals surface area contributed by atoms with Crippen LogP contribution in [0.25, 0.3) is 0 Å². The van der Waals surface area contributed by atoms with Gasteiger partial charge in [0.2, 0.25) is 12.0 Å². The van der Waals surface area contributed by atoms with Crippen LogP contribution in [0.1, 0.15) is 31.1 Å². The van der Waals surface area contributed by atoms with Crippen molar-refractivity contribution >= 4 is 11.6 Å². The van der Waals surface area contributed by atoms with Gasteiger partial charge in [-0.15, -0.1) is 0 Å². The minimum atomic E-state index is -2.78. The normalized spacial score (nSPS) is 13.2. The van der Waals surface area contributed by atoms with Gasteiger partial charge in [0.1, 0.15) is 0 Å². The lowest BCUT2D eigenvalue weighted by Gasteiger charge is -2.18. The zero-order valence-corrected chi connectivity index (χ0v) is 10.9. The summed E-state index contributed by atoms with van der Waals surface area (Å²) in [6, 6.07) is 0.0264. The van der Waals surface area contributed by atoms with E-state index in [9.17, 15) is 31.5 Å². The van der Waals surface area contributed by atoms with Crippen molar-refractivity contribution in [3.63, 3.8) is 0 Å². The Morgan fingerprint density at radius 2 is 1.50 bits per heavy atom. The fraction of sp³-hybridized carbons (Fsp3) is 0.385. The molecule has 0 saturated carbocycles. The molecule has 1 aromatic carbocycles. The number of alkyl halides is 1. The molecule has 0 radical (unpaired) electrons. The van der Waals surface area contributed by atoms with Gasteiger partial charge in [0.25, 0.3) is 0 Å². The molecule has 1 aromatic rings. The molecule has 0 aliphatic rings. The zero-order valence-electron chi connectivity index (χ0n) is 10.9.